The lowest BCUT2D eigenvalue weighted by molar-refractivity contribution is -0.254. The highest BCUT2D eigenvalue weighted by atomic mass is 16.2. The third kappa shape index (κ3) is 1.30. The number of carbonyl (C=O) groups excluding carboxylic acids is 1. The van der Waals surface area contributed by atoms with Gasteiger partial charge in [-0.15, -0.1) is 0 Å². The van der Waals surface area contributed by atoms with Gasteiger partial charge < -0.3 is 4.90 Å². The molecule has 94 valence electrons. The molecule has 1 amide bonds. The van der Waals surface area contributed by atoms with E-state index < -0.39 is 0 Å². The standard InChI is InChI=1S/C15H23NO/c1-11-5-6-16(7-11)12(17)14-8-15(9-14,10-14)13(2,3)4/h1,5-10H2,2-4H3. The van der Waals surface area contributed by atoms with Gasteiger partial charge in [0.25, 0.3) is 0 Å². The molecule has 0 aromatic heterocycles. The van der Waals surface area contributed by atoms with Crippen LogP contribution in [0.15, 0.2) is 12.2 Å². The highest BCUT2D eigenvalue weighted by Crippen LogP contribution is 2.79. The Bertz CT molecular complexity index is 382. The number of amides is 1. The van der Waals surface area contributed by atoms with Crippen LogP contribution in [0.2, 0.25) is 0 Å². The summed E-state index contributed by atoms with van der Waals surface area (Å²) in [5.74, 6) is 0.419. The molecule has 17 heavy (non-hydrogen) atoms. The summed E-state index contributed by atoms with van der Waals surface area (Å²) < 4.78 is 0. The second-order valence-electron chi connectivity index (χ2n) is 7.57. The monoisotopic (exact) mass is 233 g/mol. The van der Waals surface area contributed by atoms with Crippen molar-refractivity contribution in [3.8, 4) is 0 Å². The zero-order valence-corrected chi connectivity index (χ0v) is 11.3. The SMILES string of the molecule is C=C1CCN(C(=O)C23CC(C(C)(C)C)(C2)C3)C1. The minimum absolute atomic E-state index is 0.0396. The lowest BCUT2D eigenvalue weighted by Crippen LogP contribution is -2.71. The lowest BCUT2D eigenvalue weighted by Gasteiger charge is -2.75. The van der Waals surface area contributed by atoms with Crippen LogP contribution in [0.3, 0.4) is 0 Å². The van der Waals surface area contributed by atoms with Crippen LogP contribution in [0.5, 0.6) is 0 Å². The van der Waals surface area contributed by atoms with E-state index in [0.717, 1.165) is 38.8 Å². The summed E-state index contributed by atoms with van der Waals surface area (Å²) in [5, 5.41) is 0. The molecule has 3 aliphatic carbocycles. The fourth-order valence-electron chi connectivity index (χ4n) is 4.04. The Kier molecular flexibility index (Phi) is 1.97. The van der Waals surface area contributed by atoms with Crippen molar-refractivity contribution < 1.29 is 4.79 Å². The molecule has 2 heteroatoms. The van der Waals surface area contributed by atoms with Crippen molar-refractivity contribution in [1.29, 1.82) is 0 Å². The van der Waals surface area contributed by atoms with Gasteiger partial charge in [-0.05, 0) is 36.5 Å². The number of hydrogen-bond acceptors (Lipinski definition) is 1. The topological polar surface area (TPSA) is 20.3 Å². The summed E-state index contributed by atoms with van der Waals surface area (Å²) in [7, 11) is 0. The van der Waals surface area contributed by atoms with E-state index in [1.54, 1.807) is 0 Å². The first kappa shape index (κ1) is 11.3. The highest BCUT2D eigenvalue weighted by molar-refractivity contribution is 5.87. The Balaban J connectivity index is 1.67. The third-order valence-corrected chi connectivity index (χ3v) is 5.51. The molecule has 2 bridgehead atoms. The molecule has 3 saturated carbocycles. The molecule has 0 N–H and O–H groups in total. The summed E-state index contributed by atoms with van der Waals surface area (Å²) in [6.07, 6.45) is 4.40. The molecule has 0 unspecified atom stereocenters. The van der Waals surface area contributed by atoms with Gasteiger partial charge in [0.2, 0.25) is 5.91 Å². The van der Waals surface area contributed by atoms with E-state index in [4.69, 9.17) is 0 Å². The Morgan fingerprint density at radius 1 is 1.29 bits per heavy atom. The van der Waals surface area contributed by atoms with E-state index in [-0.39, 0.29) is 5.41 Å². The smallest absolute Gasteiger partial charge is 0.229 e. The molecule has 0 radical (unpaired) electrons. The molecular weight excluding hydrogens is 210 g/mol. The highest BCUT2D eigenvalue weighted by Gasteiger charge is 2.75. The molecule has 1 saturated heterocycles. The van der Waals surface area contributed by atoms with Crippen molar-refractivity contribution in [2.75, 3.05) is 13.1 Å². The minimum Gasteiger partial charge on any atom is -0.338 e. The molecule has 4 aliphatic rings. The van der Waals surface area contributed by atoms with Crippen LogP contribution in [-0.4, -0.2) is 23.9 Å². The average Bonchev–Trinajstić information content (AvgIpc) is 2.43. The number of hydrogen-bond donors (Lipinski definition) is 0. The number of carbonyl (C=O) groups is 1. The zero-order valence-electron chi connectivity index (χ0n) is 11.3. The van der Waals surface area contributed by atoms with Gasteiger partial charge in [-0.2, -0.15) is 0 Å². The molecule has 0 aromatic carbocycles. The van der Waals surface area contributed by atoms with Crippen molar-refractivity contribution >= 4 is 5.91 Å². The maximum Gasteiger partial charge on any atom is 0.229 e. The minimum atomic E-state index is 0.0396. The fourth-order valence-corrected chi connectivity index (χ4v) is 4.04. The van der Waals surface area contributed by atoms with Crippen molar-refractivity contribution in [3.05, 3.63) is 12.2 Å². The van der Waals surface area contributed by atoms with E-state index in [0.29, 0.717) is 16.7 Å². The van der Waals surface area contributed by atoms with Gasteiger partial charge in [0.1, 0.15) is 0 Å². The largest absolute Gasteiger partial charge is 0.338 e. The van der Waals surface area contributed by atoms with E-state index in [1.807, 2.05) is 4.90 Å². The molecule has 0 spiro atoms. The fraction of sp³-hybridized carbons (Fsp3) is 0.800. The maximum absolute atomic E-state index is 12.5. The van der Waals surface area contributed by atoms with E-state index in [9.17, 15) is 4.79 Å². The Morgan fingerprint density at radius 3 is 2.29 bits per heavy atom. The van der Waals surface area contributed by atoms with Crippen molar-refractivity contribution in [2.45, 2.75) is 46.5 Å². The molecular formula is C15H23NO. The Labute approximate surface area is 104 Å². The molecule has 2 nitrogen and oxygen atoms in total. The first-order valence-electron chi connectivity index (χ1n) is 6.74. The molecule has 4 fully saturated rings. The van der Waals surface area contributed by atoms with Gasteiger partial charge in [-0.25, -0.2) is 0 Å². The quantitative estimate of drug-likeness (QED) is 0.638. The van der Waals surface area contributed by atoms with Crippen molar-refractivity contribution in [1.82, 2.24) is 4.90 Å². The van der Waals surface area contributed by atoms with Crippen LogP contribution in [0.25, 0.3) is 0 Å². The van der Waals surface area contributed by atoms with Gasteiger partial charge in [0.05, 0.1) is 5.41 Å². The van der Waals surface area contributed by atoms with Crippen LogP contribution in [0.1, 0.15) is 46.5 Å². The normalized spacial score (nSPS) is 39.9. The molecule has 0 atom stereocenters. The van der Waals surface area contributed by atoms with Gasteiger partial charge >= 0.3 is 0 Å². The number of likely N-dealkylation sites (tertiary alicyclic amines) is 1. The van der Waals surface area contributed by atoms with E-state index in [1.165, 1.54) is 5.57 Å². The maximum atomic E-state index is 12.5. The van der Waals surface area contributed by atoms with E-state index >= 15 is 0 Å². The van der Waals surface area contributed by atoms with Gasteiger partial charge in [-0.3, -0.25) is 4.79 Å². The van der Waals surface area contributed by atoms with Crippen LogP contribution in [0.4, 0.5) is 0 Å². The van der Waals surface area contributed by atoms with Crippen LogP contribution in [0, 0.1) is 16.2 Å². The van der Waals surface area contributed by atoms with Crippen LogP contribution >= 0.6 is 0 Å². The molecule has 0 aromatic rings. The summed E-state index contributed by atoms with van der Waals surface area (Å²) in [6, 6.07) is 0. The third-order valence-electron chi connectivity index (χ3n) is 5.51. The number of rotatable bonds is 1. The second-order valence-corrected chi connectivity index (χ2v) is 7.57. The van der Waals surface area contributed by atoms with Crippen molar-refractivity contribution in [2.24, 2.45) is 16.2 Å². The number of nitrogens with zero attached hydrogens (tertiary/aromatic N) is 1. The van der Waals surface area contributed by atoms with E-state index in [2.05, 4.69) is 27.4 Å². The van der Waals surface area contributed by atoms with Gasteiger partial charge in [0.15, 0.2) is 0 Å². The predicted octanol–water partition coefficient (Wildman–Crippen LogP) is 2.99. The zero-order chi connectivity index (χ0) is 12.5. The van der Waals surface area contributed by atoms with Crippen LogP contribution < -0.4 is 0 Å². The van der Waals surface area contributed by atoms with Crippen molar-refractivity contribution in [3.63, 3.8) is 0 Å². The first-order valence-corrected chi connectivity index (χ1v) is 6.74. The molecule has 1 heterocycles. The van der Waals surface area contributed by atoms with Gasteiger partial charge in [-0.1, -0.05) is 32.9 Å². The summed E-state index contributed by atoms with van der Waals surface area (Å²) >= 11 is 0. The Hall–Kier alpha value is -0.790. The molecule has 4 rings (SSSR count). The van der Waals surface area contributed by atoms with Crippen LogP contribution in [-0.2, 0) is 4.79 Å². The second kappa shape index (κ2) is 2.96. The summed E-state index contributed by atoms with van der Waals surface area (Å²) in [5.41, 5.74) is 2.09. The molecule has 1 aliphatic heterocycles. The summed E-state index contributed by atoms with van der Waals surface area (Å²) in [4.78, 5) is 14.5. The first-order chi connectivity index (χ1) is 7.78. The average molecular weight is 233 g/mol. The lowest BCUT2D eigenvalue weighted by atomic mass is 9.29. The predicted molar refractivity (Wildman–Crippen MR) is 68.5 cm³/mol. The Morgan fingerprint density at radius 2 is 1.88 bits per heavy atom. The summed E-state index contributed by atoms with van der Waals surface area (Å²) in [6.45, 7) is 12.7. The van der Waals surface area contributed by atoms with Gasteiger partial charge in [0, 0.05) is 13.1 Å².